The number of oxazole rings is 1. The Morgan fingerprint density at radius 2 is 1.84 bits per heavy atom. The Bertz CT molecular complexity index is 1090. The molecule has 1 aromatic heterocycles. The Labute approximate surface area is 184 Å². The smallest absolute Gasteiger partial charge is 0.226 e. The average molecular weight is 414 g/mol. The Balaban J connectivity index is 1.30. The van der Waals surface area contributed by atoms with E-state index in [4.69, 9.17) is 4.42 Å². The van der Waals surface area contributed by atoms with Gasteiger partial charge in [-0.05, 0) is 90.9 Å². The minimum Gasteiger partial charge on any atom is -0.436 e. The number of hydrogen-bond acceptors (Lipinski definition) is 3. The third-order valence-electron chi connectivity index (χ3n) is 9.33. The molecule has 0 amide bonds. The third-order valence-corrected chi connectivity index (χ3v) is 9.33. The van der Waals surface area contributed by atoms with Gasteiger partial charge >= 0.3 is 0 Å². The van der Waals surface area contributed by atoms with Crippen molar-refractivity contribution in [2.75, 3.05) is 0 Å². The number of ketones is 1. The van der Waals surface area contributed by atoms with Gasteiger partial charge < -0.3 is 4.42 Å². The van der Waals surface area contributed by atoms with Crippen LogP contribution in [0.3, 0.4) is 0 Å². The summed E-state index contributed by atoms with van der Waals surface area (Å²) < 4.78 is 6.30. The predicted molar refractivity (Wildman–Crippen MR) is 122 cm³/mol. The zero-order valence-corrected chi connectivity index (χ0v) is 18.6. The topological polar surface area (TPSA) is 43.1 Å². The number of hydrogen-bond donors (Lipinski definition) is 0. The first-order chi connectivity index (χ1) is 15.0. The molecule has 0 N–H and O–H groups in total. The van der Waals surface area contributed by atoms with Crippen molar-refractivity contribution in [1.29, 1.82) is 0 Å². The number of rotatable bonds is 2. The maximum absolute atomic E-state index is 12.1. The molecule has 3 heteroatoms. The van der Waals surface area contributed by atoms with E-state index >= 15 is 0 Å². The van der Waals surface area contributed by atoms with Crippen molar-refractivity contribution < 1.29 is 9.21 Å². The Morgan fingerprint density at radius 3 is 2.68 bits per heavy atom. The first-order valence-electron chi connectivity index (χ1n) is 12.0. The lowest BCUT2D eigenvalue weighted by Gasteiger charge is -2.57. The van der Waals surface area contributed by atoms with Crippen LogP contribution in [0.5, 0.6) is 0 Å². The SMILES string of the molecule is C[C@]12CCC(=O)C=C1CC[C@@H]1[C@@H]2CC[C@]2(C)C(c3cnc(-c4ccccc4)o3)=CC[C@@H]12. The van der Waals surface area contributed by atoms with E-state index in [9.17, 15) is 4.79 Å². The van der Waals surface area contributed by atoms with Crippen LogP contribution >= 0.6 is 0 Å². The molecule has 0 unspecified atom stereocenters. The molecule has 2 aromatic rings. The molecule has 2 saturated carbocycles. The standard InChI is InChI=1S/C28H31NO2/c1-27-14-12-20(30)16-19(27)8-9-21-22-10-11-24(28(22,2)15-13-23(21)27)25-17-29-26(31-25)18-6-4-3-5-7-18/h3-7,11,16-17,21-23H,8-10,12-15H2,1-2H3/t21-,22-,23-,27-,28-/m0/s1. The summed E-state index contributed by atoms with van der Waals surface area (Å²) in [4.78, 5) is 16.7. The maximum Gasteiger partial charge on any atom is 0.226 e. The number of fused-ring (bicyclic) bond motifs is 5. The van der Waals surface area contributed by atoms with Crippen molar-refractivity contribution in [3.05, 3.63) is 60.0 Å². The summed E-state index contributed by atoms with van der Waals surface area (Å²) in [7, 11) is 0. The van der Waals surface area contributed by atoms with E-state index < -0.39 is 0 Å². The first kappa shape index (κ1) is 19.3. The molecule has 5 atom stereocenters. The number of carbonyl (C=O) groups is 1. The van der Waals surface area contributed by atoms with Gasteiger partial charge in [-0.2, -0.15) is 0 Å². The molecule has 4 aliphatic rings. The van der Waals surface area contributed by atoms with E-state index in [2.05, 4.69) is 37.0 Å². The van der Waals surface area contributed by atoms with Gasteiger partial charge in [0.2, 0.25) is 5.89 Å². The zero-order valence-electron chi connectivity index (χ0n) is 18.6. The highest BCUT2D eigenvalue weighted by atomic mass is 16.4. The fourth-order valence-corrected chi connectivity index (χ4v) is 7.62. The van der Waals surface area contributed by atoms with Gasteiger partial charge in [-0.1, -0.05) is 43.7 Å². The molecular formula is C28H31NO2. The lowest BCUT2D eigenvalue weighted by atomic mass is 9.47. The third kappa shape index (κ3) is 2.78. The Morgan fingerprint density at radius 1 is 1.00 bits per heavy atom. The molecule has 1 heterocycles. The fourth-order valence-electron chi connectivity index (χ4n) is 7.62. The summed E-state index contributed by atoms with van der Waals surface area (Å²) in [6.07, 6.45) is 14.1. The highest BCUT2D eigenvalue weighted by Gasteiger charge is 2.57. The molecule has 31 heavy (non-hydrogen) atoms. The molecule has 0 bridgehead atoms. The van der Waals surface area contributed by atoms with Crippen molar-refractivity contribution in [3.8, 4) is 11.5 Å². The van der Waals surface area contributed by atoms with Crippen LogP contribution in [0.2, 0.25) is 0 Å². The van der Waals surface area contributed by atoms with Gasteiger partial charge in [-0.15, -0.1) is 0 Å². The van der Waals surface area contributed by atoms with Gasteiger partial charge in [0.25, 0.3) is 0 Å². The van der Waals surface area contributed by atoms with Gasteiger partial charge in [-0.25, -0.2) is 4.98 Å². The second kappa shape index (κ2) is 6.79. The molecule has 6 rings (SSSR count). The summed E-state index contributed by atoms with van der Waals surface area (Å²) in [5, 5.41) is 0. The Hall–Kier alpha value is -2.42. The number of aromatic nitrogens is 1. The quantitative estimate of drug-likeness (QED) is 0.540. The van der Waals surface area contributed by atoms with Crippen LogP contribution in [-0.2, 0) is 4.79 Å². The highest BCUT2D eigenvalue weighted by molar-refractivity contribution is 5.91. The maximum atomic E-state index is 12.1. The van der Waals surface area contributed by atoms with E-state index in [-0.39, 0.29) is 10.8 Å². The second-order valence-electron chi connectivity index (χ2n) is 10.7. The van der Waals surface area contributed by atoms with Crippen LogP contribution in [0.25, 0.3) is 17.0 Å². The van der Waals surface area contributed by atoms with E-state index in [1.165, 1.54) is 30.4 Å². The van der Waals surface area contributed by atoms with Crippen LogP contribution < -0.4 is 0 Å². The summed E-state index contributed by atoms with van der Waals surface area (Å²) in [6.45, 7) is 4.92. The molecule has 0 spiro atoms. The average Bonchev–Trinajstić information content (AvgIpc) is 3.39. The lowest BCUT2D eigenvalue weighted by molar-refractivity contribution is -0.117. The van der Waals surface area contributed by atoms with Crippen LogP contribution in [0, 0.1) is 28.6 Å². The molecule has 0 saturated heterocycles. The van der Waals surface area contributed by atoms with Crippen molar-refractivity contribution >= 4 is 11.4 Å². The zero-order chi connectivity index (χ0) is 21.2. The Kier molecular flexibility index (Phi) is 4.22. The lowest BCUT2D eigenvalue weighted by Crippen LogP contribution is -2.49. The molecule has 0 aliphatic heterocycles. The van der Waals surface area contributed by atoms with Crippen molar-refractivity contribution in [3.63, 3.8) is 0 Å². The van der Waals surface area contributed by atoms with Gasteiger partial charge in [0.15, 0.2) is 11.5 Å². The molecular weight excluding hydrogens is 382 g/mol. The molecule has 2 fully saturated rings. The molecule has 4 aliphatic carbocycles. The van der Waals surface area contributed by atoms with Gasteiger partial charge in [-0.3, -0.25) is 4.79 Å². The predicted octanol–water partition coefficient (Wildman–Crippen LogP) is 6.87. The first-order valence-corrected chi connectivity index (χ1v) is 12.0. The van der Waals surface area contributed by atoms with Crippen molar-refractivity contribution in [2.45, 2.75) is 58.8 Å². The minimum atomic E-state index is 0.163. The summed E-state index contributed by atoms with van der Waals surface area (Å²) in [6, 6.07) is 10.2. The fraction of sp³-hybridized carbons (Fsp3) is 0.500. The summed E-state index contributed by atoms with van der Waals surface area (Å²) in [5.74, 6) is 4.12. The van der Waals surface area contributed by atoms with E-state index in [1.54, 1.807) is 0 Å². The van der Waals surface area contributed by atoms with E-state index in [0.29, 0.717) is 23.5 Å². The summed E-state index contributed by atoms with van der Waals surface area (Å²) in [5.41, 5.74) is 4.24. The highest BCUT2D eigenvalue weighted by Crippen LogP contribution is 2.66. The number of nitrogens with zero attached hydrogens (tertiary/aromatic N) is 1. The summed E-state index contributed by atoms with van der Waals surface area (Å²) >= 11 is 0. The van der Waals surface area contributed by atoms with E-state index in [1.807, 2.05) is 30.5 Å². The second-order valence-corrected chi connectivity index (χ2v) is 10.7. The monoisotopic (exact) mass is 413 g/mol. The molecule has 3 nitrogen and oxygen atoms in total. The van der Waals surface area contributed by atoms with Gasteiger partial charge in [0, 0.05) is 12.0 Å². The number of allylic oxidation sites excluding steroid dienone is 4. The largest absolute Gasteiger partial charge is 0.436 e. The normalized spacial score (nSPS) is 36.8. The minimum absolute atomic E-state index is 0.163. The molecule has 1 aromatic carbocycles. The van der Waals surface area contributed by atoms with Crippen LogP contribution in [0.15, 0.2) is 58.7 Å². The van der Waals surface area contributed by atoms with E-state index in [0.717, 1.165) is 42.9 Å². The number of benzene rings is 1. The van der Waals surface area contributed by atoms with Crippen LogP contribution in [-0.4, -0.2) is 10.8 Å². The van der Waals surface area contributed by atoms with Crippen molar-refractivity contribution in [1.82, 2.24) is 4.98 Å². The van der Waals surface area contributed by atoms with Crippen LogP contribution in [0.1, 0.15) is 64.6 Å². The van der Waals surface area contributed by atoms with Gasteiger partial charge in [0.05, 0.1) is 6.20 Å². The molecule has 160 valence electrons. The molecule has 0 radical (unpaired) electrons. The van der Waals surface area contributed by atoms with Crippen LogP contribution in [0.4, 0.5) is 0 Å². The van der Waals surface area contributed by atoms with Gasteiger partial charge in [0.1, 0.15) is 0 Å². The number of carbonyl (C=O) groups excluding carboxylic acids is 1. The van der Waals surface area contributed by atoms with Crippen molar-refractivity contribution in [2.24, 2.45) is 28.6 Å².